The average molecular weight is 593 g/mol. The number of allylic oxidation sites excluding steroid dienone is 8. The molecule has 0 spiro atoms. The van der Waals surface area contributed by atoms with Gasteiger partial charge < -0.3 is 10.2 Å². The lowest BCUT2D eigenvalue weighted by atomic mass is 9.87. The van der Waals surface area contributed by atoms with Crippen molar-refractivity contribution in [2.75, 3.05) is 0 Å². The fourth-order valence-corrected chi connectivity index (χ4v) is 8.11. The molecule has 2 aliphatic rings. The molecule has 0 amide bonds. The number of aliphatic carboxylic acids is 2. The summed E-state index contributed by atoms with van der Waals surface area (Å²) in [6.45, 7) is 15.2. The summed E-state index contributed by atoms with van der Waals surface area (Å²) in [5, 5.41) is 18.7. The molecule has 0 aromatic heterocycles. The molecular formula is C32H48O6S2. The first-order valence-corrected chi connectivity index (χ1v) is 16.4. The van der Waals surface area contributed by atoms with Gasteiger partial charge in [0.2, 0.25) is 0 Å². The van der Waals surface area contributed by atoms with E-state index in [0.717, 1.165) is 35.5 Å². The molecule has 2 unspecified atom stereocenters. The molecule has 0 fully saturated rings. The lowest BCUT2D eigenvalue weighted by Gasteiger charge is -2.26. The Labute approximate surface area is 245 Å². The maximum Gasteiger partial charge on any atom is 0.309 e. The molecule has 40 heavy (non-hydrogen) atoms. The first-order chi connectivity index (χ1) is 18.3. The summed E-state index contributed by atoms with van der Waals surface area (Å²) in [7, 11) is -2.66. The highest BCUT2D eigenvalue weighted by Gasteiger charge is 2.29. The third-order valence-corrected chi connectivity index (χ3v) is 10.5. The number of carbonyl (C=O) groups is 2. The van der Waals surface area contributed by atoms with E-state index in [4.69, 9.17) is 0 Å². The summed E-state index contributed by atoms with van der Waals surface area (Å²) in [6, 6.07) is 0. The smallest absolute Gasteiger partial charge is 0.309 e. The second kappa shape index (κ2) is 13.3. The van der Waals surface area contributed by atoms with Crippen molar-refractivity contribution in [1.29, 1.82) is 0 Å². The second-order valence-electron chi connectivity index (χ2n) is 13.6. The minimum absolute atomic E-state index is 0.280. The molecule has 0 saturated heterocycles. The van der Waals surface area contributed by atoms with Crippen LogP contribution in [-0.2, 0) is 31.2 Å². The van der Waals surface area contributed by atoms with Crippen LogP contribution in [0.25, 0.3) is 0 Å². The Morgan fingerprint density at radius 3 is 1.30 bits per heavy atom. The van der Waals surface area contributed by atoms with Crippen LogP contribution in [0, 0.1) is 21.7 Å². The molecule has 2 N–H and O–H groups in total. The zero-order chi connectivity index (χ0) is 30.5. The fourth-order valence-electron chi connectivity index (χ4n) is 4.82. The van der Waals surface area contributed by atoms with Crippen LogP contribution in [-0.4, -0.2) is 30.6 Å². The van der Waals surface area contributed by atoms with Gasteiger partial charge in [-0.1, -0.05) is 64.8 Å². The summed E-state index contributed by atoms with van der Waals surface area (Å²) in [6.07, 6.45) is 17.2. The molecule has 0 aromatic carbocycles. The Morgan fingerprint density at radius 2 is 1.00 bits per heavy atom. The van der Waals surface area contributed by atoms with E-state index in [2.05, 4.69) is 39.8 Å². The van der Waals surface area contributed by atoms with E-state index < -0.39 is 44.4 Å². The predicted octanol–water partition coefficient (Wildman–Crippen LogP) is 8.00. The van der Waals surface area contributed by atoms with E-state index in [1.807, 2.05) is 24.3 Å². The van der Waals surface area contributed by atoms with Crippen molar-refractivity contribution in [2.45, 2.75) is 107 Å². The number of hydrogen-bond donors (Lipinski definition) is 2. The standard InChI is InChI=1S/C32H48O6S2/c1-29(2)19-23(13-9-11-17-31(5,6)27(33)34)39(37)25(21-29)15-16-26-22-30(3,4)20-24(40(26)38)14-10-12-18-32(7,8)28(35)36/h15-16,19-22H,9-14,17-18H2,1-8H3,(H,33,34)(H,35,36)/b16-15-. The topological polar surface area (TPSA) is 109 Å². The highest BCUT2D eigenvalue weighted by Crippen LogP contribution is 2.38. The number of carboxylic acids is 2. The van der Waals surface area contributed by atoms with E-state index in [1.54, 1.807) is 27.7 Å². The van der Waals surface area contributed by atoms with Gasteiger partial charge in [0.05, 0.1) is 32.4 Å². The van der Waals surface area contributed by atoms with E-state index in [-0.39, 0.29) is 10.8 Å². The molecule has 0 aromatic rings. The molecule has 8 heteroatoms. The van der Waals surface area contributed by atoms with E-state index in [0.29, 0.717) is 35.5 Å². The first-order valence-electron chi connectivity index (χ1n) is 14.1. The molecule has 2 heterocycles. The highest BCUT2D eigenvalue weighted by molar-refractivity contribution is 7.93. The van der Waals surface area contributed by atoms with Crippen molar-refractivity contribution in [2.24, 2.45) is 21.7 Å². The van der Waals surface area contributed by atoms with Gasteiger partial charge in [0.25, 0.3) is 0 Å². The monoisotopic (exact) mass is 592 g/mol. The van der Waals surface area contributed by atoms with Crippen LogP contribution in [0.1, 0.15) is 107 Å². The fraction of sp³-hybridized carbons (Fsp3) is 0.625. The third kappa shape index (κ3) is 9.79. The van der Waals surface area contributed by atoms with E-state index in [1.165, 1.54) is 0 Å². The number of hydrogen-bond acceptors (Lipinski definition) is 4. The minimum atomic E-state index is -1.33. The lowest BCUT2D eigenvalue weighted by Crippen LogP contribution is -2.23. The van der Waals surface area contributed by atoms with E-state index in [9.17, 15) is 28.2 Å². The maximum absolute atomic E-state index is 13.4. The van der Waals surface area contributed by atoms with Crippen LogP contribution >= 0.6 is 0 Å². The Bertz CT molecular complexity index is 1100. The van der Waals surface area contributed by atoms with Crippen molar-refractivity contribution in [3.8, 4) is 0 Å². The number of carboxylic acid groups (broad SMARTS) is 2. The predicted molar refractivity (Wildman–Crippen MR) is 165 cm³/mol. The maximum atomic E-state index is 13.4. The molecule has 2 atom stereocenters. The van der Waals surface area contributed by atoms with E-state index >= 15 is 0 Å². The summed E-state index contributed by atoms with van der Waals surface area (Å²) < 4.78 is 26.9. The first kappa shape index (κ1) is 34.1. The minimum Gasteiger partial charge on any atom is -0.481 e. The second-order valence-corrected chi connectivity index (χ2v) is 16.7. The summed E-state index contributed by atoms with van der Waals surface area (Å²) >= 11 is 0. The van der Waals surface area contributed by atoms with Crippen molar-refractivity contribution in [1.82, 2.24) is 0 Å². The van der Waals surface area contributed by atoms with Gasteiger partial charge in [-0.2, -0.15) is 0 Å². The van der Waals surface area contributed by atoms with Crippen molar-refractivity contribution in [3.63, 3.8) is 0 Å². The van der Waals surface area contributed by atoms with Gasteiger partial charge in [-0.15, -0.1) is 0 Å². The van der Waals surface area contributed by atoms with Gasteiger partial charge in [0.15, 0.2) is 0 Å². The zero-order valence-electron chi connectivity index (χ0n) is 25.5. The number of unbranched alkanes of at least 4 members (excludes halogenated alkanes) is 2. The van der Waals surface area contributed by atoms with Gasteiger partial charge >= 0.3 is 11.9 Å². The molecule has 0 radical (unpaired) electrons. The van der Waals surface area contributed by atoms with Crippen LogP contribution in [0.5, 0.6) is 0 Å². The van der Waals surface area contributed by atoms with Gasteiger partial charge in [0, 0.05) is 30.5 Å². The quantitative estimate of drug-likeness (QED) is 0.198. The Kier molecular flexibility index (Phi) is 11.3. The Morgan fingerprint density at radius 1 is 0.675 bits per heavy atom. The highest BCUT2D eigenvalue weighted by atomic mass is 32.2. The molecule has 0 aliphatic carbocycles. The molecule has 0 bridgehead atoms. The Hall–Kier alpha value is -2.06. The Balaban J connectivity index is 2.08. The van der Waals surface area contributed by atoms with Gasteiger partial charge in [-0.05, 0) is 78.4 Å². The van der Waals surface area contributed by atoms with Gasteiger partial charge in [-0.3, -0.25) is 9.59 Å². The zero-order valence-corrected chi connectivity index (χ0v) is 27.1. The molecule has 6 nitrogen and oxygen atoms in total. The SMILES string of the molecule is CC1(C)C=C(/C=C\C2=CC(C)(C)C=C(CCCCC(C)(C)C(=O)O)S2=O)S(=O)C(CCCCC(C)(C)C(=O)O)=C1. The molecule has 2 rings (SSSR count). The summed E-state index contributed by atoms with van der Waals surface area (Å²) in [4.78, 5) is 25.8. The van der Waals surface area contributed by atoms with Crippen LogP contribution in [0.15, 0.2) is 56.1 Å². The normalized spacial score (nSPS) is 22.8. The van der Waals surface area contributed by atoms with Crippen LogP contribution in [0.2, 0.25) is 0 Å². The lowest BCUT2D eigenvalue weighted by molar-refractivity contribution is -0.148. The van der Waals surface area contributed by atoms with Crippen molar-refractivity contribution < 1.29 is 28.2 Å². The van der Waals surface area contributed by atoms with Crippen LogP contribution < -0.4 is 0 Å². The van der Waals surface area contributed by atoms with Crippen molar-refractivity contribution >= 4 is 33.5 Å². The molecule has 2 aliphatic heterocycles. The molecular weight excluding hydrogens is 544 g/mol. The molecule has 0 saturated carbocycles. The third-order valence-electron chi connectivity index (χ3n) is 7.52. The van der Waals surface area contributed by atoms with Crippen molar-refractivity contribution in [3.05, 3.63) is 56.1 Å². The van der Waals surface area contributed by atoms with Gasteiger partial charge in [0.1, 0.15) is 0 Å². The summed E-state index contributed by atoms with van der Waals surface area (Å²) in [5.74, 6) is -1.61. The van der Waals surface area contributed by atoms with Gasteiger partial charge in [-0.25, -0.2) is 8.42 Å². The molecule has 224 valence electrons. The average Bonchev–Trinajstić information content (AvgIpc) is 2.82. The number of rotatable bonds is 14. The largest absolute Gasteiger partial charge is 0.481 e. The van der Waals surface area contributed by atoms with Crippen LogP contribution in [0.4, 0.5) is 0 Å². The summed E-state index contributed by atoms with van der Waals surface area (Å²) in [5.41, 5.74) is -2.10. The van der Waals surface area contributed by atoms with Crippen LogP contribution in [0.3, 0.4) is 0 Å².